The third-order valence-electron chi connectivity index (χ3n) is 3.01. The van der Waals surface area contributed by atoms with Gasteiger partial charge in [0, 0.05) is 22.5 Å². The molecule has 1 fully saturated rings. The molecule has 0 aliphatic carbocycles. The van der Waals surface area contributed by atoms with Gasteiger partial charge in [-0.05, 0) is 42.8 Å². The van der Waals surface area contributed by atoms with Gasteiger partial charge in [-0.3, -0.25) is 0 Å². The topological polar surface area (TPSA) is 67.9 Å². The first-order valence-corrected chi connectivity index (χ1v) is 8.01. The van der Waals surface area contributed by atoms with Crippen LogP contribution in [0.4, 0.5) is 11.9 Å². The van der Waals surface area contributed by atoms with Crippen LogP contribution in [0.2, 0.25) is 0 Å². The maximum absolute atomic E-state index is 5.80. The van der Waals surface area contributed by atoms with Gasteiger partial charge in [0.25, 0.3) is 0 Å². The van der Waals surface area contributed by atoms with E-state index in [1.165, 1.54) is 24.6 Å². The highest BCUT2D eigenvalue weighted by Crippen LogP contribution is 2.28. The average molecular weight is 352 g/mol. The van der Waals surface area contributed by atoms with Crippen LogP contribution in [0.5, 0.6) is 0 Å². The van der Waals surface area contributed by atoms with Crippen LogP contribution in [-0.2, 0) is 0 Å². The maximum atomic E-state index is 5.80. The minimum Gasteiger partial charge on any atom is -0.368 e. The van der Waals surface area contributed by atoms with Crippen molar-refractivity contribution in [1.82, 2.24) is 15.0 Å². The van der Waals surface area contributed by atoms with E-state index in [1.54, 1.807) is 0 Å². The average Bonchev–Trinajstić information content (AvgIpc) is 2.91. The lowest BCUT2D eigenvalue weighted by molar-refractivity contribution is 0.834. The molecule has 0 atom stereocenters. The van der Waals surface area contributed by atoms with Crippen molar-refractivity contribution < 1.29 is 0 Å². The van der Waals surface area contributed by atoms with Crippen molar-refractivity contribution in [2.24, 2.45) is 0 Å². The molecule has 0 bridgehead atoms. The fourth-order valence-electron chi connectivity index (χ4n) is 2.10. The van der Waals surface area contributed by atoms with E-state index in [4.69, 9.17) is 5.73 Å². The highest BCUT2D eigenvalue weighted by Gasteiger charge is 2.17. The SMILES string of the molecule is Nc1nc(Sc2cccc(Br)c2)nc(N2CCCC2)n1. The van der Waals surface area contributed by atoms with E-state index < -0.39 is 0 Å². The van der Waals surface area contributed by atoms with Gasteiger partial charge in [0.2, 0.25) is 11.9 Å². The molecule has 1 aliphatic rings. The van der Waals surface area contributed by atoms with Crippen molar-refractivity contribution in [2.75, 3.05) is 23.7 Å². The molecule has 1 aromatic carbocycles. The maximum Gasteiger partial charge on any atom is 0.231 e. The van der Waals surface area contributed by atoms with Crippen molar-refractivity contribution in [3.8, 4) is 0 Å². The monoisotopic (exact) mass is 351 g/mol. The third kappa shape index (κ3) is 3.21. The van der Waals surface area contributed by atoms with E-state index in [9.17, 15) is 0 Å². The molecule has 104 valence electrons. The van der Waals surface area contributed by atoms with Crippen molar-refractivity contribution in [3.05, 3.63) is 28.7 Å². The fraction of sp³-hybridized carbons (Fsp3) is 0.308. The number of nitrogens with zero attached hydrogens (tertiary/aromatic N) is 4. The van der Waals surface area contributed by atoms with Crippen LogP contribution in [0, 0.1) is 0 Å². The summed E-state index contributed by atoms with van der Waals surface area (Å²) in [6, 6.07) is 8.02. The zero-order valence-electron chi connectivity index (χ0n) is 10.8. The van der Waals surface area contributed by atoms with Gasteiger partial charge < -0.3 is 10.6 Å². The molecule has 1 saturated heterocycles. The second-order valence-electron chi connectivity index (χ2n) is 4.53. The van der Waals surface area contributed by atoms with Gasteiger partial charge in [-0.25, -0.2) is 0 Å². The summed E-state index contributed by atoms with van der Waals surface area (Å²) >= 11 is 4.95. The molecular formula is C13H14BrN5S. The smallest absolute Gasteiger partial charge is 0.231 e. The van der Waals surface area contributed by atoms with Crippen LogP contribution in [-0.4, -0.2) is 28.0 Å². The predicted octanol–water partition coefficient (Wildman–Crippen LogP) is 2.97. The second-order valence-corrected chi connectivity index (χ2v) is 6.49. The number of rotatable bonds is 3. The van der Waals surface area contributed by atoms with Crippen molar-refractivity contribution in [1.29, 1.82) is 0 Å². The molecule has 0 amide bonds. The number of aromatic nitrogens is 3. The van der Waals surface area contributed by atoms with Crippen molar-refractivity contribution >= 4 is 39.6 Å². The summed E-state index contributed by atoms with van der Waals surface area (Å²) < 4.78 is 1.03. The summed E-state index contributed by atoms with van der Waals surface area (Å²) in [5.41, 5.74) is 5.80. The summed E-state index contributed by atoms with van der Waals surface area (Å²) in [7, 11) is 0. The Morgan fingerprint density at radius 3 is 2.70 bits per heavy atom. The van der Waals surface area contributed by atoms with Gasteiger partial charge in [0.05, 0.1) is 0 Å². The molecule has 7 heteroatoms. The molecule has 2 aromatic rings. The standard InChI is InChI=1S/C13H14BrN5S/c14-9-4-3-5-10(8-9)20-13-17-11(15)16-12(18-13)19-6-1-2-7-19/h3-5,8H,1-2,6-7H2,(H2,15,16,17,18). The Morgan fingerprint density at radius 2 is 1.95 bits per heavy atom. The van der Waals surface area contributed by atoms with E-state index in [0.717, 1.165) is 22.5 Å². The number of anilines is 2. The number of benzene rings is 1. The number of nitrogen functional groups attached to an aromatic ring is 1. The number of hydrogen-bond donors (Lipinski definition) is 1. The van der Waals surface area contributed by atoms with E-state index in [-0.39, 0.29) is 5.95 Å². The summed E-state index contributed by atoms with van der Waals surface area (Å²) in [6.07, 6.45) is 2.36. The Balaban J connectivity index is 1.85. The first-order chi connectivity index (χ1) is 9.70. The Hall–Kier alpha value is -1.34. The van der Waals surface area contributed by atoms with Gasteiger partial charge in [-0.1, -0.05) is 22.0 Å². The molecule has 0 radical (unpaired) electrons. The van der Waals surface area contributed by atoms with Gasteiger partial charge in [0.15, 0.2) is 5.16 Å². The molecule has 1 aromatic heterocycles. The third-order valence-corrected chi connectivity index (χ3v) is 4.36. The Morgan fingerprint density at radius 1 is 1.15 bits per heavy atom. The molecule has 0 spiro atoms. The van der Waals surface area contributed by atoms with Gasteiger partial charge in [0.1, 0.15) is 0 Å². The normalized spacial score (nSPS) is 14.8. The molecule has 20 heavy (non-hydrogen) atoms. The first kappa shape index (κ1) is 13.6. The quantitative estimate of drug-likeness (QED) is 0.916. The van der Waals surface area contributed by atoms with Crippen molar-refractivity contribution in [2.45, 2.75) is 22.9 Å². The zero-order valence-corrected chi connectivity index (χ0v) is 13.2. The van der Waals surface area contributed by atoms with Crippen LogP contribution in [0.3, 0.4) is 0 Å². The molecule has 2 heterocycles. The van der Waals surface area contributed by atoms with E-state index in [2.05, 4.69) is 35.8 Å². The minimum atomic E-state index is 0.277. The summed E-state index contributed by atoms with van der Waals surface area (Å²) in [4.78, 5) is 16.2. The number of nitrogens with two attached hydrogens (primary N) is 1. The molecular weight excluding hydrogens is 338 g/mol. The Labute approximate surface area is 130 Å². The van der Waals surface area contributed by atoms with Crippen LogP contribution >= 0.6 is 27.7 Å². The number of hydrogen-bond acceptors (Lipinski definition) is 6. The second kappa shape index (κ2) is 5.97. The first-order valence-electron chi connectivity index (χ1n) is 6.40. The lowest BCUT2D eigenvalue weighted by atomic mass is 10.4. The number of halogens is 1. The Kier molecular flexibility index (Phi) is 4.07. The molecule has 0 saturated carbocycles. The minimum absolute atomic E-state index is 0.277. The van der Waals surface area contributed by atoms with Gasteiger partial charge in [-0.15, -0.1) is 0 Å². The lowest BCUT2D eigenvalue weighted by Gasteiger charge is -2.15. The molecule has 3 rings (SSSR count). The predicted molar refractivity (Wildman–Crippen MR) is 84.0 cm³/mol. The van der Waals surface area contributed by atoms with E-state index in [1.807, 2.05) is 24.3 Å². The highest BCUT2D eigenvalue weighted by molar-refractivity contribution is 9.10. The summed E-state index contributed by atoms with van der Waals surface area (Å²) in [5.74, 6) is 0.965. The van der Waals surface area contributed by atoms with Crippen LogP contribution in [0.15, 0.2) is 38.8 Å². The molecule has 0 unspecified atom stereocenters. The molecule has 1 aliphatic heterocycles. The lowest BCUT2D eigenvalue weighted by Crippen LogP contribution is -2.21. The molecule has 2 N–H and O–H groups in total. The summed E-state index contributed by atoms with van der Waals surface area (Å²) in [5, 5.41) is 0.637. The highest BCUT2D eigenvalue weighted by atomic mass is 79.9. The molecule has 5 nitrogen and oxygen atoms in total. The van der Waals surface area contributed by atoms with Crippen LogP contribution < -0.4 is 10.6 Å². The van der Waals surface area contributed by atoms with Crippen LogP contribution in [0.25, 0.3) is 0 Å². The van der Waals surface area contributed by atoms with E-state index in [0.29, 0.717) is 11.1 Å². The van der Waals surface area contributed by atoms with Gasteiger partial charge >= 0.3 is 0 Å². The van der Waals surface area contributed by atoms with Crippen LogP contribution in [0.1, 0.15) is 12.8 Å². The van der Waals surface area contributed by atoms with Crippen molar-refractivity contribution in [3.63, 3.8) is 0 Å². The summed E-state index contributed by atoms with van der Waals surface area (Å²) in [6.45, 7) is 1.98. The zero-order chi connectivity index (χ0) is 13.9. The largest absolute Gasteiger partial charge is 0.368 e. The van der Waals surface area contributed by atoms with E-state index >= 15 is 0 Å². The Bertz CT molecular complexity index is 615. The van der Waals surface area contributed by atoms with Gasteiger partial charge in [-0.2, -0.15) is 15.0 Å². The fourth-order valence-corrected chi connectivity index (χ4v) is 3.46.